The number of rotatable bonds is 7. The highest BCUT2D eigenvalue weighted by molar-refractivity contribution is 6.01. The van der Waals surface area contributed by atoms with Gasteiger partial charge in [0.15, 0.2) is 6.10 Å². The maximum Gasteiger partial charge on any atom is 0.355 e. The fourth-order valence-corrected chi connectivity index (χ4v) is 2.62. The van der Waals surface area contributed by atoms with E-state index in [-0.39, 0.29) is 11.6 Å². The monoisotopic (exact) mass is 380 g/mol. The van der Waals surface area contributed by atoms with Crippen molar-refractivity contribution >= 4 is 29.5 Å². The third-order valence-electron chi connectivity index (χ3n) is 3.92. The maximum absolute atomic E-state index is 12.8. The van der Waals surface area contributed by atoms with Gasteiger partial charge in [-0.15, -0.1) is 0 Å². The second kappa shape index (κ2) is 10.1. The lowest BCUT2D eigenvalue weighted by atomic mass is 10.2. The number of para-hydroxylation sites is 1. The van der Waals surface area contributed by atoms with Crippen LogP contribution in [0.3, 0.4) is 0 Å². The highest BCUT2D eigenvalue weighted by Gasteiger charge is 2.25. The Bertz CT molecular complexity index is 847. The summed E-state index contributed by atoms with van der Waals surface area (Å²) in [6.45, 7) is 5.09. The minimum atomic E-state index is -1.01. The Kier molecular flexibility index (Phi) is 7.51. The number of carbonyl (C=O) groups excluding carboxylic acids is 3. The average Bonchev–Trinajstić information content (AvgIpc) is 2.69. The predicted octanol–water partition coefficient (Wildman–Crippen LogP) is 3.15. The number of amides is 2. The molecule has 2 aromatic rings. The number of carbonyl (C=O) groups is 3. The summed E-state index contributed by atoms with van der Waals surface area (Å²) in [6, 6.07) is 18.2. The molecule has 1 atom stereocenters. The lowest BCUT2D eigenvalue weighted by molar-refractivity contribution is -0.150. The molecule has 1 N–H and O–H groups in total. The van der Waals surface area contributed by atoms with E-state index in [1.807, 2.05) is 55.5 Å². The molecule has 2 rings (SSSR count). The minimum absolute atomic E-state index is 0.0268. The summed E-state index contributed by atoms with van der Waals surface area (Å²) in [5.74, 6) is -1.52. The molecule has 6 nitrogen and oxygen atoms in total. The lowest BCUT2D eigenvalue weighted by Crippen LogP contribution is -2.41. The minimum Gasteiger partial charge on any atom is -0.448 e. The van der Waals surface area contributed by atoms with Crippen LogP contribution < -0.4 is 10.2 Å². The van der Waals surface area contributed by atoms with E-state index in [1.54, 1.807) is 12.1 Å². The van der Waals surface area contributed by atoms with Gasteiger partial charge in [-0.2, -0.15) is 0 Å². The molecular formula is C22H24N2O4. The number of likely N-dealkylation sites (N-methyl/N-ethyl adjacent to an activating group) is 1. The fourth-order valence-electron chi connectivity index (χ4n) is 2.62. The molecule has 0 aromatic heterocycles. The van der Waals surface area contributed by atoms with E-state index in [2.05, 4.69) is 5.32 Å². The molecule has 0 aliphatic rings. The van der Waals surface area contributed by atoms with E-state index in [4.69, 9.17) is 4.74 Å². The number of anilines is 1. The molecule has 6 heteroatoms. The molecule has 2 aromatic carbocycles. The molecule has 28 heavy (non-hydrogen) atoms. The van der Waals surface area contributed by atoms with Gasteiger partial charge in [0.05, 0.1) is 0 Å². The summed E-state index contributed by atoms with van der Waals surface area (Å²) in [5.41, 5.74) is 1.42. The van der Waals surface area contributed by atoms with Crippen LogP contribution in [0.25, 0.3) is 6.08 Å². The number of hydrogen-bond donors (Lipinski definition) is 1. The van der Waals surface area contributed by atoms with Gasteiger partial charge in [-0.05, 0) is 37.6 Å². The Morgan fingerprint density at radius 3 is 2.14 bits per heavy atom. The largest absolute Gasteiger partial charge is 0.448 e. The third-order valence-corrected chi connectivity index (χ3v) is 3.92. The third kappa shape index (κ3) is 5.81. The fraction of sp³-hybridized carbons (Fsp3) is 0.227. The van der Waals surface area contributed by atoms with Gasteiger partial charge in [0.1, 0.15) is 5.70 Å². The van der Waals surface area contributed by atoms with Crippen molar-refractivity contribution in [2.24, 2.45) is 0 Å². The second-order valence-electron chi connectivity index (χ2n) is 6.12. The summed E-state index contributed by atoms with van der Waals surface area (Å²) < 4.78 is 5.34. The molecule has 2 amide bonds. The van der Waals surface area contributed by atoms with E-state index in [0.29, 0.717) is 6.54 Å². The van der Waals surface area contributed by atoms with Crippen molar-refractivity contribution in [3.63, 3.8) is 0 Å². The molecule has 0 fully saturated rings. The molecule has 0 radical (unpaired) electrons. The Morgan fingerprint density at radius 2 is 1.61 bits per heavy atom. The number of esters is 1. The van der Waals surface area contributed by atoms with Crippen LogP contribution in [0.4, 0.5) is 5.69 Å². The van der Waals surface area contributed by atoms with Crippen molar-refractivity contribution < 1.29 is 19.1 Å². The molecule has 0 spiro atoms. The van der Waals surface area contributed by atoms with Crippen LogP contribution in [0.15, 0.2) is 66.4 Å². The SMILES string of the molecule is CCN(C(=O)[C@H](C)OC(=O)/C(=C/c1ccccc1)NC(C)=O)c1ccccc1. The van der Waals surface area contributed by atoms with Crippen molar-refractivity contribution in [2.45, 2.75) is 26.9 Å². The van der Waals surface area contributed by atoms with E-state index < -0.39 is 18.0 Å². The van der Waals surface area contributed by atoms with Gasteiger partial charge >= 0.3 is 5.97 Å². The molecule has 0 aliphatic heterocycles. The number of ether oxygens (including phenoxy) is 1. The summed E-state index contributed by atoms with van der Waals surface area (Å²) in [6.07, 6.45) is 0.496. The molecule has 0 saturated heterocycles. The Balaban J connectivity index is 2.16. The Hall–Kier alpha value is -3.41. The second-order valence-corrected chi connectivity index (χ2v) is 6.12. The molecule has 0 saturated carbocycles. The van der Waals surface area contributed by atoms with Crippen LogP contribution in [-0.4, -0.2) is 30.4 Å². The summed E-state index contributed by atoms with van der Waals surface area (Å²) in [7, 11) is 0. The molecule has 0 aliphatic carbocycles. The first-order chi connectivity index (χ1) is 13.4. The molecule has 0 unspecified atom stereocenters. The van der Waals surface area contributed by atoms with Crippen molar-refractivity contribution in [3.8, 4) is 0 Å². The number of nitrogens with zero attached hydrogens (tertiary/aromatic N) is 1. The quantitative estimate of drug-likeness (QED) is 0.591. The van der Waals surface area contributed by atoms with Crippen LogP contribution in [-0.2, 0) is 19.1 Å². The zero-order chi connectivity index (χ0) is 20.5. The number of benzene rings is 2. The Morgan fingerprint density at radius 1 is 1.04 bits per heavy atom. The standard InChI is InChI=1S/C22H24N2O4/c1-4-24(19-13-9-6-10-14-19)21(26)16(2)28-22(27)20(23-17(3)25)15-18-11-7-5-8-12-18/h5-16H,4H2,1-3H3,(H,23,25)/b20-15-/t16-/m0/s1. The topological polar surface area (TPSA) is 75.7 Å². The van der Waals surface area contributed by atoms with Crippen LogP contribution >= 0.6 is 0 Å². The first kappa shape index (κ1) is 20.9. The van der Waals surface area contributed by atoms with E-state index in [0.717, 1.165) is 11.3 Å². The van der Waals surface area contributed by atoms with Gasteiger partial charge in [-0.3, -0.25) is 9.59 Å². The summed E-state index contributed by atoms with van der Waals surface area (Å²) in [5, 5.41) is 2.47. The average molecular weight is 380 g/mol. The molecule has 0 bridgehead atoms. The normalized spacial score (nSPS) is 12.0. The summed E-state index contributed by atoms with van der Waals surface area (Å²) in [4.78, 5) is 38.3. The van der Waals surface area contributed by atoms with Crippen LogP contribution in [0.5, 0.6) is 0 Å². The van der Waals surface area contributed by atoms with Gasteiger partial charge in [0.25, 0.3) is 5.91 Å². The lowest BCUT2D eigenvalue weighted by Gasteiger charge is -2.24. The molecule has 146 valence electrons. The van der Waals surface area contributed by atoms with Crippen LogP contribution in [0, 0.1) is 0 Å². The van der Waals surface area contributed by atoms with E-state index in [9.17, 15) is 14.4 Å². The smallest absolute Gasteiger partial charge is 0.355 e. The van der Waals surface area contributed by atoms with Crippen molar-refractivity contribution in [1.82, 2.24) is 5.32 Å². The van der Waals surface area contributed by atoms with Crippen molar-refractivity contribution in [2.75, 3.05) is 11.4 Å². The highest BCUT2D eigenvalue weighted by Crippen LogP contribution is 2.16. The zero-order valence-electron chi connectivity index (χ0n) is 16.2. The van der Waals surface area contributed by atoms with E-state index in [1.165, 1.54) is 24.8 Å². The Labute approximate surface area is 164 Å². The number of hydrogen-bond acceptors (Lipinski definition) is 4. The van der Waals surface area contributed by atoms with Gasteiger partial charge < -0.3 is 15.0 Å². The van der Waals surface area contributed by atoms with E-state index >= 15 is 0 Å². The van der Waals surface area contributed by atoms with Crippen molar-refractivity contribution in [1.29, 1.82) is 0 Å². The predicted molar refractivity (Wildman–Crippen MR) is 108 cm³/mol. The first-order valence-electron chi connectivity index (χ1n) is 9.04. The van der Waals surface area contributed by atoms with Crippen molar-refractivity contribution in [3.05, 3.63) is 71.9 Å². The van der Waals surface area contributed by atoms with Gasteiger partial charge in [0.2, 0.25) is 5.91 Å². The van der Waals surface area contributed by atoms with Crippen LogP contribution in [0.2, 0.25) is 0 Å². The summed E-state index contributed by atoms with van der Waals surface area (Å²) >= 11 is 0. The molecular weight excluding hydrogens is 356 g/mol. The number of nitrogens with one attached hydrogen (secondary N) is 1. The maximum atomic E-state index is 12.8. The van der Waals surface area contributed by atoms with Gasteiger partial charge in [-0.25, -0.2) is 4.79 Å². The van der Waals surface area contributed by atoms with Gasteiger partial charge in [-0.1, -0.05) is 48.5 Å². The van der Waals surface area contributed by atoms with Crippen LogP contribution in [0.1, 0.15) is 26.3 Å². The first-order valence-corrected chi connectivity index (χ1v) is 9.04. The molecule has 0 heterocycles. The highest BCUT2D eigenvalue weighted by atomic mass is 16.5. The van der Waals surface area contributed by atoms with Gasteiger partial charge in [0, 0.05) is 19.2 Å². The zero-order valence-corrected chi connectivity index (χ0v) is 16.2.